The van der Waals surface area contributed by atoms with E-state index in [1.165, 1.54) is 0 Å². The Morgan fingerprint density at radius 3 is 1.85 bits per heavy atom. The maximum Gasteiger partial charge on any atom is 0.277 e. The second kappa shape index (κ2) is 9.34. The van der Waals surface area contributed by atoms with E-state index in [-0.39, 0.29) is 18.4 Å². The van der Waals surface area contributed by atoms with E-state index in [0.29, 0.717) is 5.75 Å². The molecule has 0 radical (unpaired) electrons. The van der Waals surface area contributed by atoms with E-state index in [1.807, 2.05) is 73.7 Å². The van der Waals surface area contributed by atoms with E-state index in [4.69, 9.17) is 4.74 Å². The summed E-state index contributed by atoms with van der Waals surface area (Å²) in [6, 6.07) is 29.5. The first-order valence-corrected chi connectivity index (χ1v) is 8.85. The Hall–Kier alpha value is -3.40. The molecular formula is C23H22N2O2. The molecule has 1 amide bonds. The van der Waals surface area contributed by atoms with E-state index in [1.54, 1.807) is 0 Å². The van der Waals surface area contributed by atoms with Crippen LogP contribution in [0.1, 0.15) is 24.0 Å². The van der Waals surface area contributed by atoms with Crippen molar-refractivity contribution in [3.05, 3.63) is 102 Å². The van der Waals surface area contributed by atoms with E-state index in [9.17, 15) is 4.79 Å². The van der Waals surface area contributed by atoms with Crippen LogP contribution in [0.5, 0.6) is 5.75 Å². The number of para-hydroxylation sites is 1. The molecule has 0 unspecified atom stereocenters. The van der Waals surface area contributed by atoms with Crippen LogP contribution in [-0.4, -0.2) is 18.2 Å². The standard InChI is InChI=1S/C23H22N2O2/c1-18(24-25-22(26)17-27-21-15-9-4-10-16-21)23(19-11-5-2-6-12-19)20-13-7-3-8-14-20/h2-16,23H,17H2,1H3,(H,25,26)/b24-18+. The SMILES string of the molecule is C/C(=N\NC(=O)COc1ccccc1)C(c1ccccc1)c1ccccc1. The van der Waals surface area contributed by atoms with Gasteiger partial charge < -0.3 is 4.74 Å². The van der Waals surface area contributed by atoms with Crippen molar-refractivity contribution in [3.8, 4) is 5.75 Å². The van der Waals surface area contributed by atoms with Gasteiger partial charge in [0, 0.05) is 11.6 Å². The fourth-order valence-corrected chi connectivity index (χ4v) is 2.88. The number of hydrogen-bond acceptors (Lipinski definition) is 3. The molecule has 0 aromatic heterocycles. The number of ether oxygens (including phenoxy) is 1. The molecule has 0 saturated heterocycles. The fourth-order valence-electron chi connectivity index (χ4n) is 2.88. The Morgan fingerprint density at radius 2 is 1.33 bits per heavy atom. The highest BCUT2D eigenvalue weighted by atomic mass is 16.5. The molecule has 0 aliphatic heterocycles. The van der Waals surface area contributed by atoms with Crippen molar-refractivity contribution >= 4 is 11.6 Å². The lowest BCUT2D eigenvalue weighted by Crippen LogP contribution is -2.26. The van der Waals surface area contributed by atoms with Crippen LogP contribution in [0.15, 0.2) is 96.1 Å². The van der Waals surface area contributed by atoms with E-state index >= 15 is 0 Å². The van der Waals surface area contributed by atoms with Crippen LogP contribution in [-0.2, 0) is 4.79 Å². The molecule has 27 heavy (non-hydrogen) atoms. The van der Waals surface area contributed by atoms with Gasteiger partial charge >= 0.3 is 0 Å². The number of carbonyl (C=O) groups is 1. The Labute approximate surface area is 159 Å². The third-order valence-electron chi connectivity index (χ3n) is 4.15. The van der Waals surface area contributed by atoms with Crippen LogP contribution in [0.3, 0.4) is 0 Å². The van der Waals surface area contributed by atoms with Crippen molar-refractivity contribution in [2.75, 3.05) is 6.61 Å². The number of carbonyl (C=O) groups excluding carboxylic acids is 1. The minimum absolute atomic E-state index is 0.0252. The quantitative estimate of drug-likeness (QED) is 0.503. The molecular weight excluding hydrogens is 336 g/mol. The molecule has 4 heteroatoms. The average molecular weight is 358 g/mol. The average Bonchev–Trinajstić information content (AvgIpc) is 2.73. The van der Waals surface area contributed by atoms with Crippen LogP contribution >= 0.6 is 0 Å². The lowest BCUT2D eigenvalue weighted by Gasteiger charge is -2.18. The second-order valence-corrected chi connectivity index (χ2v) is 6.14. The van der Waals surface area contributed by atoms with Crippen LogP contribution in [0.2, 0.25) is 0 Å². The predicted molar refractivity (Wildman–Crippen MR) is 108 cm³/mol. The lowest BCUT2D eigenvalue weighted by atomic mass is 9.88. The zero-order chi connectivity index (χ0) is 18.9. The van der Waals surface area contributed by atoms with E-state index in [2.05, 4.69) is 34.8 Å². The summed E-state index contributed by atoms with van der Waals surface area (Å²) in [5.74, 6) is 0.334. The zero-order valence-corrected chi connectivity index (χ0v) is 15.2. The summed E-state index contributed by atoms with van der Waals surface area (Å²) in [4.78, 5) is 12.1. The van der Waals surface area contributed by atoms with E-state index < -0.39 is 0 Å². The first-order chi connectivity index (χ1) is 13.2. The van der Waals surface area contributed by atoms with Crippen LogP contribution in [0.25, 0.3) is 0 Å². The monoisotopic (exact) mass is 358 g/mol. The van der Waals surface area contributed by atoms with Gasteiger partial charge in [0.15, 0.2) is 6.61 Å². The van der Waals surface area contributed by atoms with Gasteiger partial charge in [-0.3, -0.25) is 4.79 Å². The molecule has 0 atom stereocenters. The van der Waals surface area contributed by atoms with Crippen LogP contribution in [0, 0.1) is 0 Å². The third-order valence-corrected chi connectivity index (χ3v) is 4.15. The molecule has 0 heterocycles. The minimum atomic E-state index is -0.293. The lowest BCUT2D eigenvalue weighted by molar-refractivity contribution is -0.123. The highest BCUT2D eigenvalue weighted by Gasteiger charge is 2.17. The Bertz CT molecular complexity index is 839. The Kier molecular flexibility index (Phi) is 6.36. The van der Waals surface area contributed by atoms with Gasteiger partial charge in [0.1, 0.15) is 5.75 Å². The van der Waals surface area contributed by atoms with Crippen molar-refractivity contribution in [1.82, 2.24) is 5.43 Å². The van der Waals surface area contributed by atoms with Gasteiger partial charge in [-0.15, -0.1) is 0 Å². The van der Waals surface area contributed by atoms with Crippen LogP contribution in [0.4, 0.5) is 0 Å². The van der Waals surface area contributed by atoms with Crippen molar-refractivity contribution in [1.29, 1.82) is 0 Å². The number of hydrazone groups is 1. The molecule has 1 N–H and O–H groups in total. The number of amides is 1. The number of nitrogens with zero attached hydrogens (tertiary/aromatic N) is 1. The molecule has 3 aromatic carbocycles. The summed E-state index contributed by atoms with van der Waals surface area (Å²) in [5, 5.41) is 4.33. The van der Waals surface area contributed by atoms with E-state index in [0.717, 1.165) is 16.8 Å². The molecule has 4 nitrogen and oxygen atoms in total. The van der Waals surface area contributed by atoms with Gasteiger partial charge in [0.05, 0.1) is 0 Å². The summed E-state index contributed by atoms with van der Waals surface area (Å²) in [6.45, 7) is 1.84. The first kappa shape index (κ1) is 18.4. The summed E-state index contributed by atoms with van der Waals surface area (Å²) in [6.07, 6.45) is 0. The molecule has 0 saturated carbocycles. The highest BCUT2D eigenvalue weighted by Crippen LogP contribution is 2.25. The number of nitrogens with one attached hydrogen (secondary N) is 1. The number of benzene rings is 3. The Morgan fingerprint density at radius 1 is 0.852 bits per heavy atom. The molecule has 0 spiro atoms. The number of rotatable bonds is 7. The summed E-state index contributed by atoms with van der Waals surface area (Å²) in [7, 11) is 0. The minimum Gasteiger partial charge on any atom is -0.484 e. The van der Waals surface area contributed by atoms with Gasteiger partial charge in [-0.1, -0.05) is 78.9 Å². The fraction of sp³-hybridized carbons (Fsp3) is 0.130. The van der Waals surface area contributed by atoms with Crippen LogP contribution < -0.4 is 10.2 Å². The first-order valence-electron chi connectivity index (χ1n) is 8.85. The molecule has 3 rings (SSSR count). The largest absolute Gasteiger partial charge is 0.484 e. The zero-order valence-electron chi connectivity index (χ0n) is 15.2. The normalized spacial score (nSPS) is 11.3. The maximum absolute atomic E-state index is 12.1. The summed E-state index contributed by atoms with van der Waals surface area (Å²) < 4.78 is 5.45. The van der Waals surface area contributed by atoms with Crippen molar-refractivity contribution < 1.29 is 9.53 Å². The topological polar surface area (TPSA) is 50.7 Å². The van der Waals surface area contributed by atoms with Crippen molar-refractivity contribution in [2.45, 2.75) is 12.8 Å². The molecule has 0 fully saturated rings. The highest BCUT2D eigenvalue weighted by molar-refractivity contribution is 5.93. The van der Waals surface area contributed by atoms with Gasteiger partial charge in [-0.25, -0.2) is 5.43 Å². The van der Waals surface area contributed by atoms with Crippen molar-refractivity contribution in [2.24, 2.45) is 5.10 Å². The second-order valence-electron chi connectivity index (χ2n) is 6.14. The van der Waals surface area contributed by atoms with Gasteiger partial charge in [-0.2, -0.15) is 5.10 Å². The van der Waals surface area contributed by atoms with Crippen molar-refractivity contribution in [3.63, 3.8) is 0 Å². The smallest absolute Gasteiger partial charge is 0.277 e. The molecule has 0 aliphatic rings. The number of hydrogen-bond donors (Lipinski definition) is 1. The van der Waals surface area contributed by atoms with Gasteiger partial charge in [-0.05, 0) is 30.2 Å². The third kappa shape index (κ3) is 5.28. The maximum atomic E-state index is 12.1. The molecule has 0 aliphatic carbocycles. The molecule has 0 bridgehead atoms. The van der Waals surface area contributed by atoms with Gasteiger partial charge in [0.2, 0.25) is 0 Å². The summed E-state index contributed by atoms with van der Waals surface area (Å²) >= 11 is 0. The summed E-state index contributed by atoms with van der Waals surface area (Å²) in [5.41, 5.74) is 5.65. The predicted octanol–water partition coefficient (Wildman–Crippen LogP) is 4.39. The molecule has 136 valence electrons. The Balaban J connectivity index is 1.70. The van der Waals surface area contributed by atoms with Gasteiger partial charge in [0.25, 0.3) is 5.91 Å². The molecule has 3 aromatic rings.